The molecule has 1 atom stereocenters. The number of rotatable bonds is 4. The molecule has 1 unspecified atom stereocenters. The fourth-order valence-electron chi connectivity index (χ4n) is 1.58. The maximum atomic E-state index is 11.9. The summed E-state index contributed by atoms with van der Waals surface area (Å²) >= 11 is 0. The number of carbonyl (C=O) groups excluding carboxylic acids is 2. The zero-order chi connectivity index (χ0) is 14.0. The van der Waals surface area contributed by atoms with E-state index in [4.69, 9.17) is 11.5 Å². The van der Waals surface area contributed by atoms with Crippen LogP contribution in [0.2, 0.25) is 0 Å². The summed E-state index contributed by atoms with van der Waals surface area (Å²) in [5.41, 5.74) is 11.8. The molecule has 7 N–H and O–H groups in total. The number of benzene rings is 1. The number of aliphatic hydroxyl groups is 1. The molecule has 1 heterocycles. The fraction of sp³-hybridized carbons (Fsp3) is 0.182. The molecule has 1 aromatic heterocycles. The molecular weight excluding hydrogens is 250 g/mol. The summed E-state index contributed by atoms with van der Waals surface area (Å²) in [6, 6.07) is 4.99. The van der Waals surface area contributed by atoms with Gasteiger partial charge in [-0.15, -0.1) is 0 Å². The average molecular weight is 263 g/mol. The topological polar surface area (TPSA) is 147 Å². The fourth-order valence-corrected chi connectivity index (χ4v) is 1.58. The molecule has 0 spiro atoms. The van der Waals surface area contributed by atoms with Crippen molar-refractivity contribution in [2.45, 2.75) is 6.10 Å². The van der Waals surface area contributed by atoms with E-state index in [1.165, 1.54) is 0 Å². The van der Waals surface area contributed by atoms with E-state index in [0.29, 0.717) is 16.6 Å². The number of nitrogens with one attached hydrogen (secondary N) is 2. The minimum absolute atomic E-state index is 0.138. The standard InChI is InChI=1S/C11H13N5O3/c12-5-1-2-7-6(3-5)9(16-15-7)11(19)14-4-8(17)10(13)18/h1-3,8,17H,4,12H2,(H2,13,18)(H,14,19)(H,15,16). The predicted octanol–water partition coefficient (Wildman–Crippen LogP) is -1.28. The van der Waals surface area contributed by atoms with Crippen LogP contribution in [0, 0.1) is 0 Å². The summed E-state index contributed by atoms with van der Waals surface area (Å²) in [5.74, 6) is -1.44. The number of aliphatic hydroxyl groups excluding tert-OH is 1. The van der Waals surface area contributed by atoms with Crippen LogP contribution in [0.4, 0.5) is 5.69 Å². The minimum atomic E-state index is -1.43. The van der Waals surface area contributed by atoms with Gasteiger partial charge in [0.2, 0.25) is 5.91 Å². The Labute approximate surface area is 107 Å². The van der Waals surface area contributed by atoms with Crippen molar-refractivity contribution in [2.75, 3.05) is 12.3 Å². The van der Waals surface area contributed by atoms with Crippen LogP contribution in [0.5, 0.6) is 0 Å². The van der Waals surface area contributed by atoms with E-state index in [1.807, 2.05) is 0 Å². The molecule has 19 heavy (non-hydrogen) atoms. The number of nitrogens with two attached hydrogens (primary N) is 2. The second-order valence-electron chi connectivity index (χ2n) is 4.01. The van der Waals surface area contributed by atoms with Crippen LogP contribution in [0.3, 0.4) is 0 Å². The van der Waals surface area contributed by atoms with Crippen LogP contribution >= 0.6 is 0 Å². The van der Waals surface area contributed by atoms with Gasteiger partial charge in [-0.25, -0.2) is 0 Å². The predicted molar refractivity (Wildman–Crippen MR) is 68.0 cm³/mol. The van der Waals surface area contributed by atoms with Crippen molar-refractivity contribution in [1.29, 1.82) is 0 Å². The van der Waals surface area contributed by atoms with Crippen molar-refractivity contribution < 1.29 is 14.7 Å². The molecule has 0 aliphatic heterocycles. The van der Waals surface area contributed by atoms with E-state index in [1.54, 1.807) is 18.2 Å². The van der Waals surface area contributed by atoms with Gasteiger partial charge in [0.1, 0.15) is 6.10 Å². The third kappa shape index (κ3) is 2.63. The number of hydrogen-bond donors (Lipinski definition) is 5. The number of nitrogen functional groups attached to an aromatic ring is 1. The summed E-state index contributed by atoms with van der Waals surface area (Å²) in [5, 5.41) is 18.7. The highest BCUT2D eigenvalue weighted by molar-refractivity contribution is 6.05. The SMILES string of the molecule is NC(=O)C(O)CNC(=O)c1n[nH]c2ccc(N)cc12. The maximum absolute atomic E-state index is 11.9. The van der Waals surface area contributed by atoms with Gasteiger partial charge in [-0.2, -0.15) is 5.10 Å². The zero-order valence-electron chi connectivity index (χ0n) is 9.88. The number of carbonyl (C=O) groups is 2. The molecular formula is C11H13N5O3. The summed E-state index contributed by atoms with van der Waals surface area (Å²) < 4.78 is 0. The third-order valence-corrected chi connectivity index (χ3v) is 2.59. The van der Waals surface area contributed by atoms with E-state index < -0.39 is 17.9 Å². The Hall–Kier alpha value is -2.61. The number of fused-ring (bicyclic) bond motifs is 1. The first-order valence-corrected chi connectivity index (χ1v) is 5.48. The Bertz CT molecular complexity index is 636. The van der Waals surface area contributed by atoms with E-state index in [-0.39, 0.29) is 12.2 Å². The van der Waals surface area contributed by atoms with Crippen LogP contribution in [-0.4, -0.2) is 39.8 Å². The molecule has 0 aliphatic rings. The molecule has 2 rings (SSSR count). The molecule has 0 aliphatic carbocycles. The number of primary amides is 1. The van der Waals surface area contributed by atoms with Gasteiger partial charge in [0, 0.05) is 11.1 Å². The summed E-state index contributed by atoms with van der Waals surface area (Å²) in [6.07, 6.45) is -1.43. The van der Waals surface area contributed by atoms with Gasteiger partial charge in [-0.3, -0.25) is 14.7 Å². The van der Waals surface area contributed by atoms with Crippen LogP contribution in [0.25, 0.3) is 10.9 Å². The monoisotopic (exact) mass is 263 g/mol. The van der Waals surface area contributed by atoms with Gasteiger partial charge in [0.05, 0.1) is 12.1 Å². The largest absolute Gasteiger partial charge is 0.399 e. The highest BCUT2D eigenvalue weighted by atomic mass is 16.3. The van der Waals surface area contributed by atoms with Crippen LogP contribution in [-0.2, 0) is 4.79 Å². The quantitative estimate of drug-likeness (QED) is 0.436. The smallest absolute Gasteiger partial charge is 0.272 e. The van der Waals surface area contributed by atoms with Gasteiger partial charge in [-0.05, 0) is 18.2 Å². The molecule has 0 saturated heterocycles. The molecule has 2 aromatic rings. The number of amides is 2. The van der Waals surface area contributed by atoms with Crippen molar-refractivity contribution in [3.63, 3.8) is 0 Å². The Morgan fingerprint density at radius 1 is 1.47 bits per heavy atom. The first kappa shape index (κ1) is 12.8. The number of aromatic amines is 1. The van der Waals surface area contributed by atoms with Crippen LogP contribution < -0.4 is 16.8 Å². The lowest BCUT2D eigenvalue weighted by molar-refractivity contribution is -0.125. The highest BCUT2D eigenvalue weighted by Gasteiger charge is 2.17. The molecule has 8 nitrogen and oxygen atoms in total. The molecule has 1 aromatic carbocycles. The lowest BCUT2D eigenvalue weighted by Gasteiger charge is -2.07. The number of nitrogens with zero attached hydrogens (tertiary/aromatic N) is 1. The Morgan fingerprint density at radius 3 is 2.89 bits per heavy atom. The first-order chi connectivity index (χ1) is 8.99. The normalized spacial score (nSPS) is 12.3. The Kier molecular flexibility index (Phi) is 3.34. The Morgan fingerprint density at radius 2 is 2.21 bits per heavy atom. The minimum Gasteiger partial charge on any atom is -0.399 e. The number of aromatic nitrogens is 2. The summed E-state index contributed by atoms with van der Waals surface area (Å²) in [7, 11) is 0. The van der Waals surface area contributed by atoms with Gasteiger partial charge < -0.3 is 21.9 Å². The van der Waals surface area contributed by atoms with Gasteiger partial charge in [-0.1, -0.05) is 0 Å². The lowest BCUT2D eigenvalue weighted by Crippen LogP contribution is -2.40. The third-order valence-electron chi connectivity index (χ3n) is 2.59. The van der Waals surface area contributed by atoms with E-state index in [0.717, 1.165) is 0 Å². The molecule has 2 amide bonds. The second kappa shape index (κ2) is 4.94. The first-order valence-electron chi connectivity index (χ1n) is 5.48. The summed E-state index contributed by atoms with van der Waals surface area (Å²) in [6.45, 7) is -0.273. The zero-order valence-corrected chi connectivity index (χ0v) is 9.88. The van der Waals surface area contributed by atoms with Crippen molar-refractivity contribution in [2.24, 2.45) is 5.73 Å². The molecule has 0 radical (unpaired) electrons. The van der Waals surface area contributed by atoms with Crippen molar-refractivity contribution in [3.05, 3.63) is 23.9 Å². The van der Waals surface area contributed by atoms with E-state index >= 15 is 0 Å². The number of hydrogen-bond acceptors (Lipinski definition) is 5. The number of H-pyrrole nitrogens is 1. The van der Waals surface area contributed by atoms with Crippen molar-refractivity contribution >= 4 is 28.4 Å². The van der Waals surface area contributed by atoms with Gasteiger partial charge in [0.15, 0.2) is 5.69 Å². The molecule has 0 bridgehead atoms. The lowest BCUT2D eigenvalue weighted by atomic mass is 10.2. The average Bonchev–Trinajstić information content (AvgIpc) is 2.78. The van der Waals surface area contributed by atoms with E-state index in [9.17, 15) is 14.7 Å². The molecule has 0 saturated carbocycles. The molecule has 8 heteroatoms. The van der Waals surface area contributed by atoms with E-state index in [2.05, 4.69) is 15.5 Å². The van der Waals surface area contributed by atoms with Crippen molar-refractivity contribution in [3.8, 4) is 0 Å². The molecule has 0 fully saturated rings. The Balaban J connectivity index is 2.17. The van der Waals surface area contributed by atoms with Crippen molar-refractivity contribution in [1.82, 2.24) is 15.5 Å². The highest BCUT2D eigenvalue weighted by Crippen LogP contribution is 2.18. The maximum Gasteiger partial charge on any atom is 0.272 e. The van der Waals surface area contributed by atoms with Gasteiger partial charge >= 0.3 is 0 Å². The second-order valence-corrected chi connectivity index (χ2v) is 4.01. The van der Waals surface area contributed by atoms with Gasteiger partial charge in [0.25, 0.3) is 5.91 Å². The van der Waals surface area contributed by atoms with Crippen LogP contribution in [0.15, 0.2) is 18.2 Å². The number of anilines is 1. The summed E-state index contributed by atoms with van der Waals surface area (Å²) in [4.78, 5) is 22.5. The van der Waals surface area contributed by atoms with Crippen LogP contribution in [0.1, 0.15) is 10.5 Å². The molecule has 100 valence electrons.